The van der Waals surface area contributed by atoms with Gasteiger partial charge in [-0.1, -0.05) is 24.3 Å². The van der Waals surface area contributed by atoms with Crippen LogP contribution >= 0.6 is 0 Å². The van der Waals surface area contributed by atoms with E-state index in [1.165, 1.54) is 12.1 Å². The fourth-order valence-corrected chi connectivity index (χ4v) is 3.66. The van der Waals surface area contributed by atoms with Crippen LogP contribution in [0.1, 0.15) is 12.8 Å². The fraction of sp³-hybridized carbons (Fsp3) is 0.261. The number of ether oxygens (including phenoxy) is 1. The molecule has 1 atom stereocenters. The molecule has 0 aliphatic carbocycles. The maximum absolute atomic E-state index is 13.5. The number of amides is 1. The second-order valence-corrected chi connectivity index (χ2v) is 7.26. The summed E-state index contributed by atoms with van der Waals surface area (Å²) in [6.07, 6.45) is 5.06. The number of anilines is 2. The van der Waals surface area contributed by atoms with Gasteiger partial charge in [-0.2, -0.15) is 0 Å². The number of carbonyl (C=O) groups excluding carboxylic acids is 1. The predicted molar refractivity (Wildman–Crippen MR) is 114 cm³/mol. The molecular formula is C23H23FN4O2. The third-order valence-electron chi connectivity index (χ3n) is 5.24. The molecule has 1 saturated heterocycles. The molecule has 2 aromatic carbocycles. The van der Waals surface area contributed by atoms with Crippen LogP contribution in [0.15, 0.2) is 60.9 Å². The third kappa shape index (κ3) is 4.40. The number of hydrogen-bond donors (Lipinski definition) is 1. The van der Waals surface area contributed by atoms with Gasteiger partial charge in [0.15, 0.2) is 0 Å². The van der Waals surface area contributed by atoms with Crippen LogP contribution in [0.4, 0.5) is 16.0 Å². The summed E-state index contributed by atoms with van der Waals surface area (Å²) in [6, 6.07) is 13.7. The van der Waals surface area contributed by atoms with Crippen LogP contribution in [-0.2, 0) is 4.79 Å². The van der Waals surface area contributed by atoms with Gasteiger partial charge >= 0.3 is 0 Å². The second kappa shape index (κ2) is 8.90. The number of piperidine rings is 1. The van der Waals surface area contributed by atoms with E-state index >= 15 is 0 Å². The lowest BCUT2D eigenvalue weighted by molar-refractivity contribution is -0.120. The molecule has 0 bridgehead atoms. The van der Waals surface area contributed by atoms with Crippen molar-refractivity contribution in [3.05, 3.63) is 66.7 Å². The van der Waals surface area contributed by atoms with Crippen LogP contribution in [0, 0.1) is 11.7 Å². The number of rotatable bonds is 5. The van der Waals surface area contributed by atoms with E-state index in [9.17, 15) is 9.18 Å². The minimum atomic E-state index is -0.295. The molecule has 30 heavy (non-hydrogen) atoms. The third-order valence-corrected chi connectivity index (χ3v) is 5.24. The largest absolute Gasteiger partial charge is 0.495 e. The average molecular weight is 406 g/mol. The van der Waals surface area contributed by atoms with Crippen LogP contribution in [0.2, 0.25) is 0 Å². The van der Waals surface area contributed by atoms with E-state index in [1.807, 2.05) is 35.2 Å². The van der Waals surface area contributed by atoms with Crippen molar-refractivity contribution in [2.75, 3.05) is 30.4 Å². The Bertz CT molecular complexity index is 1030. The van der Waals surface area contributed by atoms with Crippen molar-refractivity contribution >= 4 is 17.5 Å². The molecule has 6 nitrogen and oxygen atoms in total. The van der Waals surface area contributed by atoms with E-state index in [2.05, 4.69) is 15.3 Å². The van der Waals surface area contributed by atoms with Crippen molar-refractivity contribution in [2.24, 2.45) is 5.92 Å². The number of methoxy groups -OCH3 is 1. The normalized spacial score (nSPS) is 16.2. The highest BCUT2D eigenvalue weighted by Crippen LogP contribution is 2.27. The summed E-state index contributed by atoms with van der Waals surface area (Å²) in [5.41, 5.74) is 2.15. The molecule has 0 unspecified atom stereocenters. The predicted octanol–water partition coefficient (Wildman–Crippen LogP) is 4.15. The first kappa shape index (κ1) is 19.8. The molecule has 0 spiro atoms. The smallest absolute Gasteiger partial charge is 0.229 e. The lowest BCUT2D eigenvalue weighted by Gasteiger charge is -2.32. The summed E-state index contributed by atoms with van der Waals surface area (Å²) in [5.74, 6) is 0.701. The van der Waals surface area contributed by atoms with Gasteiger partial charge in [-0.3, -0.25) is 4.79 Å². The summed E-state index contributed by atoms with van der Waals surface area (Å²) in [6.45, 7) is 1.33. The van der Waals surface area contributed by atoms with Crippen LogP contribution in [-0.4, -0.2) is 36.1 Å². The average Bonchev–Trinajstić information content (AvgIpc) is 2.79. The SMILES string of the molecule is COc1ccccc1NC(=O)[C@@H]1CCCN(c2ncc(-c3cccc(F)c3)cn2)C1. The van der Waals surface area contributed by atoms with E-state index in [4.69, 9.17) is 4.74 Å². The van der Waals surface area contributed by atoms with Gasteiger partial charge < -0.3 is 15.0 Å². The Kier molecular flexibility index (Phi) is 5.88. The van der Waals surface area contributed by atoms with Crippen LogP contribution in [0.5, 0.6) is 5.75 Å². The molecule has 1 aliphatic heterocycles. The van der Waals surface area contributed by atoms with Crippen LogP contribution in [0.3, 0.4) is 0 Å². The number of aromatic nitrogens is 2. The van der Waals surface area contributed by atoms with Crippen LogP contribution in [0.25, 0.3) is 11.1 Å². The Labute approximate surface area is 174 Å². The standard InChI is InChI=1S/C23H23FN4O2/c1-30-21-10-3-2-9-20(21)27-22(29)17-7-5-11-28(15-17)23-25-13-18(14-26-23)16-6-4-8-19(24)12-16/h2-4,6,8-10,12-14,17H,5,7,11,15H2,1H3,(H,27,29)/t17-/m1/s1. The van der Waals surface area contributed by atoms with Crippen molar-refractivity contribution in [3.8, 4) is 16.9 Å². The number of halogens is 1. The molecule has 1 N–H and O–H groups in total. The molecule has 154 valence electrons. The Morgan fingerprint density at radius 3 is 2.70 bits per heavy atom. The van der Waals surface area contributed by atoms with Gasteiger partial charge in [-0.05, 0) is 42.7 Å². The summed E-state index contributed by atoms with van der Waals surface area (Å²) in [4.78, 5) is 23.7. The first-order valence-electron chi connectivity index (χ1n) is 9.91. The van der Waals surface area contributed by atoms with Crippen molar-refractivity contribution in [1.29, 1.82) is 0 Å². The number of hydrogen-bond acceptors (Lipinski definition) is 5. The molecule has 1 aromatic heterocycles. The Morgan fingerprint density at radius 1 is 1.13 bits per heavy atom. The molecule has 7 heteroatoms. The highest BCUT2D eigenvalue weighted by Gasteiger charge is 2.27. The van der Waals surface area contributed by atoms with Gasteiger partial charge in [-0.15, -0.1) is 0 Å². The maximum atomic E-state index is 13.5. The highest BCUT2D eigenvalue weighted by molar-refractivity contribution is 5.94. The minimum absolute atomic E-state index is 0.0411. The van der Waals surface area contributed by atoms with E-state index in [1.54, 1.807) is 25.6 Å². The quantitative estimate of drug-likeness (QED) is 0.690. The number of nitrogens with zero attached hydrogens (tertiary/aromatic N) is 3. The zero-order valence-electron chi connectivity index (χ0n) is 16.7. The lowest BCUT2D eigenvalue weighted by Crippen LogP contribution is -2.41. The van der Waals surface area contributed by atoms with E-state index in [-0.39, 0.29) is 17.6 Å². The summed E-state index contributed by atoms with van der Waals surface area (Å²) < 4.78 is 18.8. The van der Waals surface area contributed by atoms with Crippen LogP contribution < -0.4 is 15.0 Å². The highest BCUT2D eigenvalue weighted by atomic mass is 19.1. The summed E-state index contributed by atoms with van der Waals surface area (Å²) >= 11 is 0. The zero-order valence-corrected chi connectivity index (χ0v) is 16.7. The molecule has 1 amide bonds. The summed E-state index contributed by atoms with van der Waals surface area (Å²) in [7, 11) is 1.58. The first-order valence-corrected chi connectivity index (χ1v) is 9.91. The molecule has 1 fully saturated rings. The van der Waals surface area contributed by atoms with E-state index in [0.717, 1.165) is 30.5 Å². The van der Waals surface area contributed by atoms with E-state index in [0.29, 0.717) is 23.9 Å². The zero-order chi connectivity index (χ0) is 20.9. The molecule has 0 radical (unpaired) electrons. The number of carbonyl (C=O) groups is 1. The van der Waals surface area contributed by atoms with Crippen molar-refractivity contribution in [3.63, 3.8) is 0 Å². The maximum Gasteiger partial charge on any atom is 0.229 e. The number of benzene rings is 2. The molecule has 2 heterocycles. The Hall–Kier alpha value is -3.48. The second-order valence-electron chi connectivity index (χ2n) is 7.26. The van der Waals surface area contributed by atoms with Gasteiger partial charge in [0.1, 0.15) is 11.6 Å². The molecule has 1 aliphatic rings. The van der Waals surface area contributed by atoms with Gasteiger partial charge in [0.25, 0.3) is 0 Å². The van der Waals surface area contributed by atoms with Crippen molar-refractivity contribution in [2.45, 2.75) is 12.8 Å². The van der Waals surface area contributed by atoms with Gasteiger partial charge in [0, 0.05) is 31.0 Å². The number of para-hydroxylation sites is 2. The molecule has 4 rings (SSSR count). The Morgan fingerprint density at radius 2 is 1.93 bits per heavy atom. The van der Waals surface area contributed by atoms with Crippen molar-refractivity contribution in [1.82, 2.24) is 9.97 Å². The fourth-order valence-electron chi connectivity index (χ4n) is 3.66. The Balaban J connectivity index is 1.44. The minimum Gasteiger partial charge on any atom is -0.495 e. The molecular weight excluding hydrogens is 383 g/mol. The monoisotopic (exact) mass is 406 g/mol. The van der Waals surface area contributed by atoms with Gasteiger partial charge in [-0.25, -0.2) is 14.4 Å². The van der Waals surface area contributed by atoms with Gasteiger partial charge in [0.2, 0.25) is 11.9 Å². The van der Waals surface area contributed by atoms with E-state index < -0.39 is 0 Å². The lowest BCUT2D eigenvalue weighted by atomic mass is 9.97. The topological polar surface area (TPSA) is 67.3 Å². The molecule has 3 aromatic rings. The first-order chi connectivity index (χ1) is 14.6. The molecule has 0 saturated carbocycles. The number of nitrogens with one attached hydrogen (secondary N) is 1. The van der Waals surface area contributed by atoms with Gasteiger partial charge in [0.05, 0.1) is 18.7 Å². The van der Waals surface area contributed by atoms with Crippen molar-refractivity contribution < 1.29 is 13.9 Å². The summed E-state index contributed by atoms with van der Waals surface area (Å²) in [5, 5.41) is 2.97.